The molecule has 1 aromatic rings. The van der Waals surface area contributed by atoms with Gasteiger partial charge in [0, 0.05) is 0 Å². The molecule has 0 aromatic heterocycles. The molecule has 0 N–H and O–H groups in total. The van der Waals surface area contributed by atoms with Crippen LogP contribution >= 0.6 is 0 Å². The Morgan fingerprint density at radius 3 is 1.28 bits per heavy atom. The summed E-state index contributed by atoms with van der Waals surface area (Å²) in [7, 11) is 0. The maximum absolute atomic E-state index is 12.6. The van der Waals surface area contributed by atoms with E-state index in [2.05, 4.69) is 0 Å². The van der Waals surface area contributed by atoms with E-state index in [4.69, 9.17) is 18.9 Å². The van der Waals surface area contributed by atoms with E-state index in [0.29, 0.717) is 36.5 Å². The zero-order valence-electron chi connectivity index (χ0n) is 22.1. The molecule has 2 fully saturated rings. The van der Waals surface area contributed by atoms with Crippen LogP contribution in [0.3, 0.4) is 0 Å². The van der Waals surface area contributed by atoms with E-state index in [9.17, 15) is 9.59 Å². The van der Waals surface area contributed by atoms with Crippen LogP contribution in [0.5, 0.6) is 0 Å². The Hall–Kier alpha value is -1.92. The third-order valence-electron chi connectivity index (χ3n) is 6.98. The highest BCUT2D eigenvalue weighted by atomic mass is 16.6. The van der Waals surface area contributed by atoms with Gasteiger partial charge in [-0.05, 0) is 37.8 Å². The van der Waals surface area contributed by atoms with Crippen LogP contribution in [-0.2, 0) is 18.9 Å². The Morgan fingerprint density at radius 1 is 0.583 bits per heavy atom. The molecule has 0 amide bonds. The van der Waals surface area contributed by atoms with E-state index in [1.165, 1.54) is 64.2 Å². The summed E-state index contributed by atoms with van der Waals surface area (Å²) in [5, 5.41) is 0. The van der Waals surface area contributed by atoms with Gasteiger partial charge in [-0.3, -0.25) is 0 Å². The predicted molar refractivity (Wildman–Crippen MR) is 140 cm³/mol. The second kappa shape index (κ2) is 17.5. The fourth-order valence-corrected chi connectivity index (χ4v) is 4.51. The summed E-state index contributed by atoms with van der Waals surface area (Å²) in [6.07, 6.45) is 19.7. The lowest BCUT2D eigenvalue weighted by molar-refractivity contribution is 0.0450. The highest BCUT2D eigenvalue weighted by molar-refractivity contribution is 6.03. The molecule has 2 aliphatic rings. The van der Waals surface area contributed by atoms with Crippen LogP contribution in [0.15, 0.2) is 24.3 Å². The first kappa shape index (κ1) is 28.6. The SMILES string of the molecule is O=C(OCCCCCCCCCC1CO1)c1ccccc1C(=O)OCCCCCCCCCC1CO1. The maximum atomic E-state index is 12.6. The molecule has 36 heavy (non-hydrogen) atoms. The number of hydrogen-bond acceptors (Lipinski definition) is 6. The molecule has 0 bridgehead atoms. The molecule has 3 rings (SSSR count). The lowest BCUT2D eigenvalue weighted by atomic mass is 10.1. The van der Waals surface area contributed by atoms with E-state index in [0.717, 1.165) is 51.7 Å². The second-order valence-corrected chi connectivity index (χ2v) is 10.3. The van der Waals surface area contributed by atoms with Gasteiger partial charge in [0.05, 0.1) is 49.8 Å². The van der Waals surface area contributed by atoms with Crippen molar-refractivity contribution in [1.82, 2.24) is 0 Å². The number of rotatable bonds is 22. The first-order chi connectivity index (χ1) is 17.7. The minimum absolute atomic E-state index is 0.290. The highest BCUT2D eigenvalue weighted by Gasteiger charge is 2.21. The molecule has 2 heterocycles. The van der Waals surface area contributed by atoms with Crippen molar-refractivity contribution in [3.8, 4) is 0 Å². The predicted octanol–water partition coefficient (Wildman–Crippen LogP) is 7.04. The smallest absolute Gasteiger partial charge is 0.339 e. The number of carbonyl (C=O) groups is 2. The van der Waals surface area contributed by atoms with Gasteiger partial charge in [0.25, 0.3) is 0 Å². The van der Waals surface area contributed by atoms with Crippen LogP contribution in [0.2, 0.25) is 0 Å². The zero-order valence-corrected chi connectivity index (χ0v) is 22.1. The lowest BCUT2D eigenvalue weighted by Crippen LogP contribution is -2.15. The Bertz CT molecular complexity index is 693. The van der Waals surface area contributed by atoms with Gasteiger partial charge < -0.3 is 18.9 Å². The molecule has 2 unspecified atom stereocenters. The van der Waals surface area contributed by atoms with E-state index >= 15 is 0 Å². The standard InChI is InChI=1S/C30H46O6/c31-29(33-21-15-9-5-1-3-7-11-17-25-23-35-25)27-19-13-14-20-28(27)30(32)34-22-16-10-6-2-4-8-12-18-26-24-36-26/h13-14,19-20,25-26H,1-12,15-18,21-24H2. The molecule has 0 aliphatic carbocycles. The summed E-state index contributed by atoms with van der Waals surface area (Å²) in [4.78, 5) is 25.1. The Kier molecular flexibility index (Phi) is 13.9. The molecular formula is C30H46O6. The summed E-state index contributed by atoms with van der Waals surface area (Å²) in [6.45, 7) is 2.69. The van der Waals surface area contributed by atoms with Crippen molar-refractivity contribution in [2.24, 2.45) is 0 Å². The van der Waals surface area contributed by atoms with Crippen molar-refractivity contribution < 1.29 is 28.5 Å². The second-order valence-electron chi connectivity index (χ2n) is 10.3. The van der Waals surface area contributed by atoms with Crippen molar-refractivity contribution in [3.05, 3.63) is 35.4 Å². The summed E-state index contributed by atoms with van der Waals surface area (Å²) < 4.78 is 21.4. The molecule has 202 valence electrons. The Balaban J connectivity index is 1.19. The van der Waals surface area contributed by atoms with Crippen molar-refractivity contribution in [1.29, 1.82) is 0 Å². The van der Waals surface area contributed by atoms with Crippen LogP contribution < -0.4 is 0 Å². The first-order valence-electron chi connectivity index (χ1n) is 14.4. The van der Waals surface area contributed by atoms with Crippen molar-refractivity contribution in [3.63, 3.8) is 0 Å². The first-order valence-corrected chi connectivity index (χ1v) is 14.4. The molecular weight excluding hydrogens is 456 g/mol. The number of unbranched alkanes of at least 4 members (excludes halogenated alkanes) is 12. The number of benzene rings is 1. The third kappa shape index (κ3) is 12.9. The van der Waals surface area contributed by atoms with E-state index in [-0.39, 0.29) is 0 Å². The molecule has 1 aromatic carbocycles. The van der Waals surface area contributed by atoms with Gasteiger partial charge in [0.2, 0.25) is 0 Å². The minimum Gasteiger partial charge on any atom is -0.462 e. The summed E-state index contributed by atoms with van der Waals surface area (Å²) in [5.74, 6) is -0.892. The van der Waals surface area contributed by atoms with Crippen LogP contribution in [0.4, 0.5) is 0 Å². The van der Waals surface area contributed by atoms with Crippen molar-refractivity contribution in [2.45, 2.75) is 115 Å². The summed E-state index contributed by atoms with van der Waals surface area (Å²) in [6, 6.07) is 6.78. The fraction of sp³-hybridized carbons (Fsp3) is 0.733. The Morgan fingerprint density at radius 2 is 0.917 bits per heavy atom. The van der Waals surface area contributed by atoms with Crippen LogP contribution in [0, 0.1) is 0 Å². The zero-order chi connectivity index (χ0) is 25.3. The molecule has 2 saturated heterocycles. The molecule has 0 radical (unpaired) electrons. The largest absolute Gasteiger partial charge is 0.462 e. The molecule has 0 spiro atoms. The fourth-order valence-electron chi connectivity index (χ4n) is 4.51. The Labute approximate surface area is 217 Å². The quantitative estimate of drug-likeness (QED) is 0.0961. The van der Waals surface area contributed by atoms with E-state index in [1.807, 2.05) is 0 Å². The maximum Gasteiger partial charge on any atom is 0.339 e. The molecule has 6 heteroatoms. The number of carbonyl (C=O) groups excluding carboxylic acids is 2. The van der Waals surface area contributed by atoms with Gasteiger partial charge in [-0.1, -0.05) is 89.2 Å². The average molecular weight is 503 g/mol. The average Bonchev–Trinajstić information content (AvgIpc) is 3.82. The minimum atomic E-state index is -0.446. The molecule has 2 aliphatic heterocycles. The van der Waals surface area contributed by atoms with Gasteiger partial charge in [0.15, 0.2) is 0 Å². The number of epoxide rings is 2. The van der Waals surface area contributed by atoms with E-state index < -0.39 is 11.9 Å². The van der Waals surface area contributed by atoms with Crippen molar-refractivity contribution >= 4 is 11.9 Å². The molecule has 0 saturated carbocycles. The summed E-state index contributed by atoms with van der Waals surface area (Å²) >= 11 is 0. The van der Waals surface area contributed by atoms with Crippen LogP contribution in [-0.4, -0.2) is 50.6 Å². The van der Waals surface area contributed by atoms with Crippen LogP contribution in [0.25, 0.3) is 0 Å². The third-order valence-corrected chi connectivity index (χ3v) is 6.98. The topological polar surface area (TPSA) is 77.7 Å². The van der Waals surface area contributed by atoms with Gasteiger partial charge in [0.1, 0.15) is 0 Å². The van der Waals surface area contributed by atoms with Gasteiger partial charge in [-0.25, -0.2) is 9.59 Å². The van der Waals surface area contributed by atoms with E-state index in [1.54, 1.807) is 24.3 Å². The number of ether oxygens (including phenoxy) is 4. The number of esters is 2. The monoisotopic (exact) mass is 502 g/mol. The van der Waals surface area contributed by atoms with Gasteiger partial charge in [-0.15, -0.1) is 0 Å². The molecule has 2 atom stereocenters. The van der Waals surface area contributed by atoms with Crippen LogP contribution in [0.1, 0.15) is 123 Å². The lowest BCUT2D eigenvalue weighted by Gasteiger charge is -2.10. The van der Waals surface area contributed by atoms with Gasteiger partial charge in [-0.2, -0.15) is 0 Å². The normalized spacial score (nSPS) is 18.1. The van der Waals surface area contributed by atoms with Crippen molar-refractivity contribution in [2.75, 3.05) is 26.4 Å². The highest BCUT2D eigenvalue weighted by Crippen LogP contribution is 2.19. The molecule has 6 nitrogen and oxygen atoms in total. The van der Waals surface area contributed by atoms with Gasteiger partial charge >= 0.3 is 11.9 Å². The summed E-state index contributed by atoms with van der Waals surface area (Å²) in [5.41, 5.74) is 0.581. The number of hydrogen-bond donors (Lipinski definition) is 0.